The van der Waals surface area contributed by atoms with Gasteiger partial charge < -0.3 is 0 Å². The standard InChI is InChI=1S/C4H12N2S2/c5-7-3-1-2-4-8-6/h1-6H2. The number of nitrogens with two attached hydrogens (primary N) is 2. The third kappa shape index (κ3) is 6.62. The molecule has 0 saturated heterocycles. The topological polar surface area (TPSA) is 52.0 Å². The van der Waals surface area contributed by atoms with Crippen LogP contribution >= 0.6 is 23.9 Å². The highest BCUT2D eigenvalue weighted by molar-refractivity contribution is 7.97. The molecule has 2 nitrogen and oxygen atoms in total. The van der Waals surface area contributed by atoms with Crippen molar-refractivity contribution in [3.05, 3.63) is 0 Å². The second kappa shape index (κ2) is 7.62. The molecule has 0 amide bonds. The van der Waals surface area contributed by atoms with Gasteiger partial charge in [-0.3, -0.25) is 10.3 Å². The fourth-order valence-corrected chi connectivity index (χ4v) is 1.11. The highest BCUT2D eigenvalue weighted by Gasteiger charge is 1.84. The summed E-state index contributed by atoms with van der Waals surface area (Å²) in [6, 6.07) is 0. The summed E-state index contributed by atoms with van der Waals surface area (Å²) in [5, 5.41) is 10.4. The molecule has 50 valence electrons. The summed E-state index contributed by atoms with van der Waals surface area (Å²) in [6.45, 7) is 0. The average Bonchev–Trinajstić information content (AvgIpc) is 1.81. The van der Waals surface area contributed by atoms with Crippen LogP contribution in [0.1, 0.15) is 12.8 Å². The largest absolute Gasteiger partial charge is 0.278 e. The molecular weight excluding hydrogens is 140 g/mol. The van der Waals surface area contributed by atoms with Crippen molar-refractivity contribution in [2.75, 3.05) is 11.5 Å². The van der Waals surface area contributed by atoms with Gasteiger partial charge in [0.25, 0.3) is 0 Å². The molecule has 0 atom stereocenters. The lowest BCUT2D eigenvalue weighted by Gasteiger charge is -1.93. The summed E-state index contributed by atoms with van der Waals surface area (Å²) in [4.78, 5) is 0. The molecule has 0 heterocycles. The van der Waals surface area contributed by atoms with Gasteiger partial charge in [-0.05, 0) is 12.8 Å². The minimum absolute atomic E-state index is 1.06. The highest BCUT2D eigenvalue weighted by Crippen LogP contribution is 1.99. The highest BCUT2D eigenvalue weighted by atomic mass is 32.2. The fourth-order valence-electron chi connectivity index (χ4n) is 0.371. The monoisotopic (exact) mass is 152 g/mol. The maximum absolute atomic E-state index is 5.19. The van der Waals surface area contributed by atoms with Crippen LogP contribution in [-0.4, -0.2) is 11.5 Å². The van der Waals surface area contributed by atoms with Crippen molar-refractivity contribution in [1.82, 2.24) is 0 Å². The molecule has 0 bridgehead atoms. The minimum Gasteiger partial charge on any atom is -0.278 e. The zero-order chi connectivity index (χ0) is 6.24. The lowest BCUT2D eigenvalue weighted by Crippen LogP contribution is -1.89. The molecule has 0 aliphatic rings. The molecule has 0 rings (SSSR count). The first-order chi connectivity index (χ1) is 3.91. The summed E-state index contributed by atoms with van der Waals surface area (Å²) < 4.78 is 0. The van der Waals surface area contributed by atoms with Crippen LogP contribution < -0.4 is 10.3 Å². The SMILES string of the molecule is NSCCCCSN. The van der Waals surface area contributed by atoms with Crippen molar-refractivity contribution >= 4 is 23.9 Å². The summed E-state index contributed by atoms with van der Waals surface area (Å²) in [5.41, 5.74) is 0. The van der Waals surface area contributed by atoms with Crippen LogP contribution in [0.15, 0.2) is 0 Å². The average molecular weight is 152 g/mol. The Morgan fingerprint density at radius 3 is 1.50 bits per heavy atom. The number of hydrogen-bond acceptors (Lipinski definition) is 4. The van der Waals surface area contributed by atoms with Crippen LogP contribution in [0.2, 0.25) is 0 Å². The van der Waals surface area contributed by atoms with E-state index in [1.54, 1.807) is 0 Å². The molecule has 0 radical (unpaired) electrons. The van der Waals surface area contributed by atoms with E-state index in [1.807, 2.05) is 0 Å². The van der Waals surface area contributed by atoms with E-state index in [0.29, 0.717) is 0 Å². The van der Waals surface area contributed by atoms with E-state index < -0.39 is 0 Å². The second-order valence-corrected chi connectivity index (χ2v) is 2.93. The molecule has 0 unspecified atom stereocenters. The minimum atomic E-state index is 1.06. The van der Waals surface area contributed by atoms with Crippen molar-refractivity contribution in [2.24, 2.45) is 10.3 Å². The summed E-state index contributed by atoms with van der Waals surface area (Å²) in [6.07, 6.45) is 2.37. The van der Waals surface area contributed by atoms with Gasteiger partial charge in [-0.15, -0.1) is 0 Å². The molecular formula is C4H12N2S2. The van der Waals surface area contributed by atoms with E-state index in [1.165, 1.54) is 36.7 Å². The van der Waals surface area contributed by atoms with Crippen LogP contribution in [0.5, 0.6) is 0 Å². The molecule has 0 fully saturated rings. The molecule has 0 aliphatic heterocycles. The van der Waals surface area contributed by atoms with Crippen molar-refractivity contribution < 1.29 is 0 Å². The quantitative estimate of drug-likeness (QED) is 0.455. The first-order valence-corrected chi connectivity index (χ1v) is 4.65. The van der Waals surface area contributed by atoms with Gasteiger partial charge >= 0.3 is 0 Å². The molecule has 0 aromatic heterocycles. The van der Waals surface area contributed by atoms with E-state index in [-0.39, 0.29) is 0 Å². The Morgan fingerprint density at radius 2 is 1.25 bits per heavy atom. The summed E-state index contributed by atoms with van der Waals surface area (Å²) in [7, 11) is 0. The normalized spacial score (nSPS) is 9.75. The molecule has 8 heavy (non-hydrogen) atoms. The van der Waals surface area contributed by atoms with E-state index >= 15 is 0 Å². The zero-order valence-electron chi connectivity index (χ0n) is 4.80. The molecule has 0 saturated carbocycles. The first kappa shape index (κ1) is 8.62. The molecule has 0 aliphatic carbocycles. The third-order valence-electron chi connectivity index (χ3n) is 0.774. The molecule has 4 heteroatoms. The van der Waals surface area contributed by atoms with Crippen LogP contribution in [0.25, 0.3) is 0 Å². The van der Waals surface area contributed by atoms with Crippen LogP contribution in [0.4, 0.5) is 0 Å². The molecule has 4 N–H and O–H groups in total. The van der Waals surface area contributed by atoms with Crippen molar-refractivity contribution in [3.8, 4) is 0 Å². The van der Waals surface area contributed by atoms with Crippen molar-refractivity contribution in [1.29, 1.82) is 0 Å². The van der Waals surface area contributed by atoms with Crippen molar-refractivity contribution in [2.45, 2.75) is 12.8 Å². The Kier molecular flexibility index (Phi) is 8.21. The zero-order valence-corrected chi connectivity index (χ0v) is 6.43. The Bertz CT molecular complexity index is 37.0. The third-order valence-corrected chi connectivity index (χ3v) is 1.82. The predicted molar refractivity (Wildman–Crippen MR) is 42.5 cm³/mol. The van der Waals surface area contributed by atoms with Gasteiger partial charge in [0.15, 0.2) is 0 Å². The summed E-state index contributed by atoms with van der Waals surface area (Å²) in [5.74, 6) is 2.11. The van der Waals surface area contributed by atoms with E-state index in [2.05, 4.69) is 0 Å². The fraction of sp³-hybridized carbons (Fsp3) is 1.00. The van der Waals surface area contributed by atoms with Crippen LogP contribution in [-0.2, 0) is 0 Å². The van der Waals surface area contributed by atoms with Gasteiger partial charge in [0.05, 0.1) is 0 Å². The van der Waals surface area contributed by atoms with Gasteiger partial charge in [-0.2, -0.15) is 0 Å². The second-order valence-electron chi connectivity index (χ2n) is 1.45. The Hall–Kier alpha value is 0.620. The van der Waals surface area contributed by atoms with Crippen molar-refractivity contribution in [3.63, 3.8) is 0 Å². The number of unbranched alkanes of at least 4 members (excludes halogenated alkanes) is 1. The first-order valence-electron chi connectivity index (χ1n) is 2.55. The summed E-state index contributed by atoms with van der Waals surface area (Å²) >= 11 is 2.80. The van der Waals surface area contributed by atoms with Gasteiger partial charge in [0, 0.05) is 11.5 Å². The Balaban J connectivity index is 2.53. The smallest absolute Gasteiger partial charge is 0.00767 e. The Morgan fingerprint density at radius 1 is 0.875 bits per heavy atom. The van der Waals surface area contributed by atoms with Gasteiger partial charge in [0.1, 0.15) is 0 Å². The molecule has 0 aromatic rings. The molecule has 0 aromatic carbocycles. The lowest BCUT2D eigenvalue weighted by molar-refractivity contribution is 0.908. The number of rotatable bonds is 5. The van der Waals surface area contributed by atoms with Gasteiger partial charge in [0.2, 0.25) is 0 Å². The van der Waals surface area contributed by atoms with Crippen LogP contribution in [0.3, 0.4) is 0 Å². The lowest BCUT2D eigenvalue weighted by atomic mass is 10.4. The predicted octanol–water partition coefficient (Wildman–Crippen LogP) is 0.980. The van der Waals surface area contributed by atoms with E-state index in [9.17, 15) is 0 Å². The van der Waals surface area contributed by atoms with Crippen LogP contribution in [0, 0.1) is 0 Å². The maximum Gasteiger partial charge on any atom is 0.00767 e. The molecule has 0 spiro atoms. The van der Waals surface area contributed by atoms with E-state index in [4.69, 9.17) is 10.3 Å². The maximum atomic E-state index is 5.19. The number of hydrogen-bond donors (Lipinski definition) is 2. The van der Waals surface area contributed by atoms with Gasteiger partial charge in [-0.1, -0.05) is 23.9 Å². The van der Waals surface area contributed by atoms with Gasteiger partial charge in [-0.25, -0.2) is 0 Å². The Labute approximate surface area is 59.0 Å². The van der Waals surface area contributed by atoms with E-state index in [0.717, 1.165) is 11.5 Å².